The van der Waals surface area contributed by atoms with Crippen LogP contribution in [-0.2, 0) is 6.54 Å². The number of rotatable bonds is 3. The molecular formula is C8H11BrN2OS. The van der Waals surface area contributed by atoms with Gasteiger partial charge in [-0.1, -0.05) is 0 Å². The van der Waals surface area contributed by atoms with Crippen molar-refractivity contribution in [1.82, 2.24) is 10.6 Å². The predicted octanol–water partition coefficient (Wildman–Crippen LogP) is 2.33. The first-order valence-corrected chi connectivity index (χ1v) is 5.64. The van der Waals surface area contributed by atoms with E-state index in [-0.39, 0.29) is 6.03 Å². The molecule has 0 aliphatic carbocycles. The molecule has 72 valence electrons. The highest BCUT2D eigenvalue weighted by molar-refractivity contribution is 9.10. The Hall–Kier alpha value is -0.550. The molecule has 0 spiro atoms. The van der Waals surface area contributed by atoms with Crippen molar-refractivity contribution < 1.29 is 4.79 Å². The van der Waals surface area contributed by atoms with Gasteiger partial charge in [0.15, 0.2) is 0 Å². The molecule has 1 aromatic heterocycles. The Morgan fingerprint density at radius 1 is 1.62 bits per heavy atom. The van der Waals surface area contributed by atoms with E-state index in [4.69, 9.17) is 0 Å². The minimum absolute atomic E-state index is 0.118. The van der Waals surface area contributed by atoms with Gasteiger partial charge in [-0.15, -0.1) is 11.3 Å². The lowest BCUT2D eigenvalue weighted by Crippen LogP contribution is -2.34. The summed E-state index contributed by atoms with van der Waals surface area (Å²) in [6.07, 6.45) is 0. The Bertz CT molecular complexity index is 287. The predicted molar refractivity (Wildman–Crippen MR) is 57.9 cm³/mol. The first-order valence-electron chi connectivity index (χ1n) is 3.97. The summed E-state index contributed by atoms with van der Waals surface area (Å²) in [6, 6.07) is 1.88. The Labute approximate surface area is 89.7 Å². The van der Waals surface area contributed by atoms with E-state index in [9.17, 15) is 4.79 Å². The van der Waals surface area contributed by atoms with E-state index in [2.05, 4.69) is 26.6 Å². The lowest BCUT2D eigenvalue weighted by atomic mass is 10.5. The van der Waals surface area contributed by atoms with E-state index in [0.717, 1.165) is 9.35 Å². The van der Waals surface area contributed by atoms with E-state index < -0.39 is 0 Å². The molecule has 13 heavy (non-hydrogen) atoms. The molecule has 3 nitrogen and oxygen atoms in total. The summed E-state index contributed by atoms with van der Waals surface area (Å²) < 4.78 is 1.06. The molecule has 0 saturated heterocycles. The van der Waals surface area contributed by atoms with Crippen molar-refractivity contribution in [3.05, 3.63) is 20.8 Å². The molecule has 0 bridgehead atoms. The summed E-state index contributed by atoms with van der Waals surface area (Å²) in [5, 5.41) is 7.41. The molecule has 5 heteroatoms. The number of carbonyl (C=O) groups excluding carboxylic acids is 1. The highest BCUT2D eigenvalue weighted by atomic mass is 79.9. The Balaban J connectivity index is 2.30. The number of hydrogen-bond acceptors (Lipinski definition) is 2. The van der Waals surface area contributed by atoms with Gasteiger partial charge in [0.2, 0.25) is 0 Å². The Morgan fingerprint density at radius 2 is 2.38 bits per heavy atom. The third kappa shape index (κ3) is 3.78. The summed E-state index contributed by atoms with van der Waals surface area (Å²) in [6.45, 7) is 3.13. The first kappa shape index (κ1) is 10.5. The number of nitrogens with one attached hydrogen (secondary N) is 2. The fraction of sp³-hybridized carbons (Fsp3) is 0.375. The fourth-order valence-corrected chi connectivity index (χ4v) is 2.23. The lowest BCUT2D eigenvalue weighted by molar-refractivity contribution is 0.241. The SMILES string of the molecule is CCNC(=O)NCc1cc(Br)cs1. The summed E-state index contributed by atoms with van der Waals surface area (Å²) >= 11 is 4.97. The molecule has 1 aromatic rings. The van der Waals surface area contributed by atoms with Crippen molar-refractivity contribution in [3.8, 4) is 0 Å². The average Bonchev–Trinajstić information content (AvgIpc) is 2.49. The lowest BCUT2D eigenvalue weighted by Gasteiger charge is -2.02. The second kappa shape index (κ2) is 5.24. The van der Waals surface area contributed by atoms with E-state index in [1.807, 2.05) is 18.4 Å². The second-order valence-corrected chi connectivity index (χ2v) is 4.36. The average molecular weight is 263 g/mol. The number of amides is 2. The monoisotopic (exact) mass is 262 g/mol. The fourth-order valence-electron chi connectivity index (χ4n) is 0.837. The van der Waals surface area contributed by atoms with Crippen LogP contribution < -0.4 is 10.6 Å². The number of urea groups is 1. The van der Waals surface area contributed by atoms with Gasteiger partial charge in [0.1, 0.15) is 0 Å². The molecule has 0 aliphatic rings. The molecular weight excluding hydrogens is 252 g/mol. The topological polar surface area (TPSA) is 41.1 Å². The molecule has 1 rings (SSSR count). The summed E-state index contributed by atoms with van der Waals surface area (Å²) in [7, 11) is 0. The van der Waals surface area contributed by atoms with Gasteiger partial charge in [0.05, 0.1) is 6.54 Å². The third-order valence-electron chi connectivity index (χ3n) is 1.38. The number of thiophene rings is 1. The number of halogens is 1. The van der Waals surface area contributed by atoms with Crippen LogP contribution in [0, 0.1) is 0 Å². The number of carbonyl (C=O) groups is 1. The van der Waals surface area contributed by atoms with Crippen LogP contribution in [0.3, 0.4) is 0 Å². The van der Waals surface area contributed by atoms with Gasteiger partial charge < -0.3 is 10.6 Å². The summed E-state index contributed by atoms with van der Waals surface area (Å²) in [4.78, 5) is 12.1. The molecule has 0 aliphatic heterocycles. The quantitative estimate of drug-likeness (QED) is 0.863. The zero-order valence-corrected chi connectivity index (χ0v) is 9.67. The van der Waals surface area contributed by atoms with Crippen molar-refractivity contribution in [2.45, 2.75) is 13.5 Å². The van der Waals surface area contributed by atoms with Crippen molar-refractivity contribution >= 4 is 33.3 Å². The van der Waals surface area contributed by atoms with Gasteiger partial charge in [0.25, 0.3) is 0 Å². The van der Waals surface area contributed by atoms with Crippen molar-refractivity contribution in [2.24, 2.45) is 0 Å². The molecule has 0 fully saturated rings. The largest absolute Gasteiger partial charge is 0.338 e. The minimum Gasteiger partial charge on any atom is -0.338 e. The highest BCUT2D eigenvalue weighted by Gasteiger charge is 2.00. The van der Waals surface area contributed by atoms with Gasteiger partial charge in [-0.25, -0.2) is 4.79 Å². The Morgan fingerprint density at radius 3 is 2.92 bits per heavy atom. The second-order valence-electron chi connectivity index (χ2n) is 2.44. The maximum Gasteiger partial charge on any atom is 0.315 e. The van der Waals surface area contributed by atoms with Gasteiger partial charge in [-0.2, -0.15) is 0 Å². The van der Waals surface area contributed by atoms with Crippen molar-refractivity contribution in [3.63, 3.8) is 0 Å². The van der Waals surface area contributed by atoms with Crippen LogP contribution in [0.1, 0.15) is 11.8 Å². The van der Waals surface area contributed by atoms with Crippen LogP contribution in [0.15, 0.2) is 15.9 Å². The maximum absolute atomic E-state index is 11.0. The molecule has 0 unspecified atom stereocenters. The van der Waals surface area contributed by atoms with Crippen LogP contribution in [-0.4, -0.2) is 12.6 Å². The molecule has 0 saturated carbocycles. The standard InChI is InChI=1S/C8H11BrN2OS/c1-2-10-8(12)11-4-7-3-6(9)5-13-7/h3,5H,2,4H2,1H3,(H2,10,11,12). The summed E-state index contributed by atoms with van der Waals surface area (Å²) in [5.41, 5.74) is 0. The zero-order chi connectivity index (χ0) is 9.68. The van der Waals surface area contributed by atoms with Crippen LogP contribution in [0.25, 0.3) is 0 Å². The van der Waals surface area contributed by atoms with E-state index in [1.165, 1.54) is 0 Å². The van der Waals surface area contributed by atoms with Crippen LogP contribution in [0.4, 0.5) is 4.79 Å². The van der Waals surface area contributed by atoms with E-state index >= 15 is 0 Å². The van der Waals surface area contributed by atoms with Gasteiger partial charge in [0, 0.05) is 21.3 Å². The van der Waals surface area contributed by atoms with E-state index in [1.54, 1.807) is 11.3 Å². The highest BCUT2D eigenvalue weighted by Crippen LogP contribution is 2.19. The van der Waals surface area contributed by atoms with Crippen LogP contribution >= 0.6 is 27.3 Å². The van der Waals surface area contributed by atoms with Crippen LogP contribution in [0.2, 0.25) is 0 Å². The first-order chi connectivity index (χ1) is 6.22. The van der Waals surface area contributed by atoms with Gasteiger partial charge in [-0.05, 0) is 28.9 Å². The third-order valence-corrected chi connectivity index (χ3v) is 3.08. The smallest absolute Gasteiger partial charge is 0.315 e. The number of hydrogen-bond donors (Lipinski definition) is 2. The molecule has 0 aromatic carbocycles. The molecule has 0 atom stereocenters. The van der Waals surface area contributed by atoms with Crippen molar-refractivity contribution in [2.75, 3.05) is 6.54 Å². The van der Waals surface area contributed by atoms with Crippen molar-refractivity contribution in [1.29, 1.82) is 0 Å². The van der Waals surface area contributed by atoms with Gasteiger partial charge >= 0.3 is 6.03 Å². The zero-order valence-electron chi connectivity index (χ0n) is 7.26. The normalized spacial score (nSPS) is 9.69. The molecule has 1 heterocycles. The van der Waals surface area contributed by atoms with Crippen LogP contribution in [0.5, 0.6) is 0 Å². The van der Waals surface area contributed by atoms with Gasteiger partial charge in [-0.3, -0.25) is 0 Å². The Kier molecular flexibility index (Phi) is 4.24. The maximum atomic E-state index is 11.0. The summed E-state index contributed by atoms with van der Waals surface area (Å²) in [5.74, 6) is 0. The van der Waals surface area contributed by atoms with E-state index in [0.29, 0.717) is 13.1 Å². The molecule has 0 radical (unpaired) electrons. The minimum atomic E-state index is -0.118. The molecule has 2 N–H and O–H groups in total. The molecule has 2 amide bonds.